The normalized spacial score (nSPS) is 16.1. The minimum Gasteiger partial charge on any atom is -0.397 e. The van der Waals surface area contributed by atoms with Crippen molar-refractivity contribution in [2.24, 2.45) is 5.73 Å². The number of piperidine rings is 1. The van der Waals surface area contributed by atoms with Crippen LogP contribution in [-0.2, 0) is 13.1 Å². The Labute approximate surface area is 312 Å². The van der Waals surface area contributed by atoms with Crippen LogP contribution in [0.4, 0.5) is 21.5 Å². The predicted molar refractivity (Wildman–Crippen MR) is 212 cm³/mol. The SMILES string of the molecule is N[C@@H]1CCCN(c2c(F)cnc3[nH]cc(NC(=O)c4cnn(Cc5ccccc5)c4)c23)C1.Nc1c[nH]c2ncc(-c3cccc(CN4CCCC4)c3)cc12. The number of fused-ring (bicyclic) bond motifs is 2. The Morgan fingerprint density at radius 1 is 0.870 bits per heavy atom. The molecule has 0 radical (unpaired) electrons. The van der Waals surface area contributed by atoms with Crippen LogP contribution in [0.2, 0.25) is 0 Å². The van der Waals surface area contributed by atoms with Gasteiger partial charge in [0.2, 0.25) is 0 Å². The molecule has 0 saturated carbocycles. The quantitative estimate of drug-likeness (QED) is 0.118. The fourth-order valence-corrected chi connectivity index (χ4v) is 7.44. The zero-order valence-electron chi connectivity index (χ0n) is 30.0. The molecule has 0 unspecified atom stereocenters. The summed E-state index contributed by atoms with van der Waals surface area (Å²) < 4.78 is 16.6. The van der Waals surface area contributed by atoms with Gasteiger partial charge in [0.15, 0.2) is 5.82 Å². The molecule has 5 aromatic heterocycles. The summed E-state index contributed by atoms with van der Waals surface area (Å²) in [6, 6.07) is 20.7. The molecule has 1 atom stereocenters. The molecule has 13 heteroatoms. The molecule has 7 aromatic rings. The zero-order valence-corrected chi connectivity index (χ0v) is 30.0. The second kappa shape index (κ2) is 15.5. The summed E-state index contributed by atoms with van der Waals surface area (Å²) >= 11 is 0. The molecular weight excluding hydrogens is 682 g/mol. The Morgan fingerprint density at radius 2 is 1.67 bits per heavy atom. The molecule has 276 valence electrons. The average molecular weight is 726 g/mol. The molecule has 0 aliphatic carbocycles. The molecule has 0 bridgehead atoms. The summed E-state index contributed by atoms with van der Waals surface area (Å²) in [6.07, 6.45) is 14.2. The van der Waals surface area contributed by atoms with Crippen molar-refractivity contribution < 1.29 is 9.18 Å². The molecule has 1 amide bonds. The van der Waals surface area contributed by atoms with Gasteiger partial charge in [-0.15, -0.1) is 0 Å². The minimum absolute atomic E-state index is 0.0150. The number of nitrogens with two attached hydrogens (primary N) is 2. The number of anilines is 3. The van der Waals surface area contributed by atoms with E-state index in [1.807, 2.05) is 41.4 Å². The Hall–Kier alpha value is -6.05. The number of hydrogen-bond acceptors (Lipinski definition) is 8. The van der Waals surface area contributed by atoms with Gasteiger partial charge >= 0.3 is 0 Å². The Kier molecular flexibility index (Phi) is 10.1. The first kappa shape index (κ1) is 35.0. The standard InChI is InChI=1S/C23H24FN7O.C18H20N4/c24-18-10-26-22-20(21(18)30-8-4-7-17(25)14-30)19(11-27-22)29-23(32)16-9-28-31(13-16)12-15-5-2-1-3-6-15;19-17-11-21-18-16(17)9-15(10-20-18)14-5-3-4-13(8-14)12-22-6-1-2-7-22/h1-3,5-6,9-11,13,17H,4,7-8,12,14,25H2,(H,26,27)(H,29,32);3-5,8-11H,1-2,6-7,12,19H2,(H,20,21)/t17-;/m1./s1. The van der Waals surface area contributed by atoms with E-state index < -0.39 is 5.82 Å². The number of nitrogens with one attached hydrogen (secondary N) is 3. The highest BCUT2D eigenvalue weighted by Gasteiger charge is 2.25. The number of aromatic nitrogens is 6. The molecular formula is C41H44FN11O. The lowest BCUT2D eigenvalue weighted by molar-refractivity contribution is 0.102. The van der Waals surface area contributed by atoms with Gasteiger partial charge in [0.1, 0.15) is 11.3 Å². The Morgan fingerprint density at radius 3 is 2.50 bits per heavy atom. The maximum atomic E-state index is 14.9. The number of rotatable bonds is 8. The third-order valence-electron chi connectivity index (χ3n) is 10.2. The van der Waals surface area contributed by atoms with Gasteiger partial charge in [-0.2, -0.15) is 5.10 Å². The first-order valence-corrected chi connectivity index (χ1v) is 18.5. The molecule has 2 saturated heterocycles. The minimum atomic E-state index is -0.433. The monoisotopic (exact) mass is 725 g/mol. The molecule has 54 heavy (non-hydrogen) atoms. The number of nitrogen functional groups attached to an aromatic ring is 1. The number of aromatic amines is 2. The number of amides is 1. The lowest BCUT2D eigenvalue weighted by Crippen LogP contribution is -2.43. The number of nitrogens with zero attached hydrogens (tertiary/aromatic N) is 6. The average Bonchev–Trinajstić information content (AvgIpc) is 4.02. The van der Waals surface area contributed by atoms with Crippen molar-refractivity contribution in [1.29, 1.82) is 0 Å². The second-order valence-electron chi connectivity index (χ2n) is 14.1. The smallest absolute Gasteiger partial charge is 0.258 e. The van der Waals surface area contributed by atoms with Crippen LogP contribution in [0.15, 0.2) is 97.8 Å². The molecule has 12 nitrogen and oxygen atoms in total. The van der Waals surface area contributed by atoms with E-state index in [2.05, 4.69) is 65.6 Å². The second-order valence-corrected chi connectivity index (χ2v) is 14.1. The maximum absolute atomic E-state index is 14.9. The number of pyridine rings is 2. The summed E-state index contributed by atoms with van der Waals surface area (Å²) in [5.41, 5.74) is 20.3. The van der Waals surface area contributed by atoms with Gasteiger partial charge in [0, 0.05) is 61.4 Å². The van der Waals surface area contributed by atoms with Crippen molar-refractivity contribution in [2.75, 3.05) is 42.1 Å². The predicted octanol–water partition coefficient (Wildman–Crippen LogP) is 6.53. The van der Waals surface area contributed by atoms with Crippen molar-refractivity contribution in [3.05, 3.63) is 120 Å². The van der Waals surface area contributed by atoms with Crippen molar-refractivity contribution in [1.82, 2.24) is 34.6 Å². The summed E-state index contributed by atoms with van der Waals surface area (Å²) in [7, 11) is 0. The summed E-state index contributed by atoms with van der Waals surface area (Å²) in [5, 5.41) is 8.71. The molecule has 9 rings (SSSR count). The molecule has 7 heterocycles. The van der Waals surface area contributed by atoms with Crippen molar-refractivity contribution in [3.63, 3.8) is 0 Å². The third-order valence-corrected chi connectivity index (χ3v) is 10.2. The number of likely N-dealkylation sites (tertiary alicyclic amines) is 1. The highest BCUT2D eigenvalue weighted by Crippen LogP contribution is 2.36. The van der Waals surface area contributed by atoms with Crippen molar-refractivity contribution in [2.45, 2.75) is 44.8 Å². The molecule has 0 spiro atoms. The van der Waals surface area contributed by atoms with Gasteiger partial charge in [0.25, 0.3) is 5.91 Å². The highest BCUT2D eigenvalue weighted by molar-refractivity contribution is 6.11. The lowest BCUT2D eigenvalue weighted by Gasteiger charge is -2.33. The molecule has 2 aromatic carbocycles. The van der Waals surface area contributed by atoms with E-state index in [4.69, 9.17) is 11.5 Å². The van der Waals surface area contributed by atoms with Gasteiger partial charge in [-0.25, -0.2) is 14.4 Å². The van der Waals surface area contributed by atoms with E-state index in [1.54, 1.807) is 23.3 Å². The summed E-state index contributed by atoms with van der Waals surface area (Å²) in [4.78, 5) is 32.1. The van der Waals surface area contributed by atoms with Gasteiger partial charge in [0.05, 0.1) is 47.0 Å². The van der Waals surface area contributed by atoms with E-state index in [0.29, 0.717) is 47.6 Å². The van der Waals surface area contributed by atoms with E-state index in [-0.39, 0.29) is 11.9 Å². The van der Waals surface area contributed by atoms with Crippen LogP contribution in [0.25, 0.3) is 33.2 Å². The lowest BCUT2D eigenvalue weighted by atomic mass is 10.0. The molecule has 2 aliphatic heterocycles. The number of H-pyrrole nitrogens is 2. The van der Waals surface area contributed by atoms with Crippen molar-refractivity contribution >= 4 is 45.0 Å². The molecule has 7 N–H and O–H groups in total. The first-order valence-electron chi connectivity index (χ1n) is 18.5. The van der Waals surface area contributed by atoms with Crippen LogP contribution in [0.3, 0.4) is 0 Å². The van der Waals surface area contributed by atoms with Gasteiger partial charge in [-0.05, 0) is 67.6 Å². The van der Waals surface area contributed by atoms with Crippen molar-refractivity contribution in [3.8, 4) is 11.1 Å². The largest absolute Gasteiger partial charge is 0.397 e. The van der Waals surface area contributed by atoms with Gasteiger partial charge < -0.3 is 31.7 Å². The van der Waals surface area contributed by atoms with E-state index in [1.165, 1.54) is 49.5 Å². The number of halogens is 1. The Balaban J connectivity index is 0.000000164. The summed E-state index contributed by atoms with van der Waals surface area (Å²) in [5.74, 6) is -0.756. The maximum Gasteiger partial charge on any atom is 0.258 e. The molecule has 2 aliphatic rings. The summed E-state index contributed by atoms with van der Waals surface area (Å²) in [6.45, 7) is 5.30. The van der Waals surface area contributed by atoms with Gasteiger partial charge in [-0.3, -0.25) is 14.4 Å². The van der Waals surface area contributed by atoms with Gasteiger partial charge in [-0.1, -0.05) is 48.5 Å². The first-order chi connectivity index (χ1) is 26.4. The van der Waals surface area contributed by atoms with Crippen LogP contribution in [0.1, 0.15) is 47.2 Å². The van der Waals surface area contributed by atoms with Crippen LogP contribution in [-0.4, -0.2) is 72.7 Å². The van der Waals surface area contributed by atoms with E-state index >= 15 is 0 Å². The molecule has 2 fully saturated rings. The zero-order chi connectivity index (χ0) is 37.0. The van der Waals surface area contributed by atoms with Crippen LogP contribution in [0.5, 0.6) is 0 Å². The number of carbonyl (C=O) groups excluding carboxylic acids is 1. The fraction of sp³-hybridized carbons (Fsp3) is 0.268. The fourth-order valence-electron chi connectivity index (χ4n) is 7.44. The third kappa shape index (κ3) is 7.68. The van der Waals surface area contributed by atoms with Crippen LogP contribution < -0.4 is 21.7 Å². The number of benzene rings is 2. The van der Waals surface area contributed by atoms with Crippen LogP contribution >= 0.6 is 0 Å². The highest BCUT2D eigenvalue weighted by atomic mass is 19.1. The van der Waals surface area contributed by atoms with Crippen LogP contribution in [0, 0.1) is 5.82 Å². The number of carbonyl (C=O) groups is 1. The Bertz CT molecular complexity index is 2380. The van der Waals surface area contributed by atoms with E-state index in [0.717, 1.165) is 47.2 Å². The number of hydrogen-bond donors (Lipinski definition) is 5. The topological polar surface area (TPSA) is 163 Å². The van der Waals surface area contributed by atoms with E-state index in [9.17, 15) is 9.18 Å².